The van der Waals surface area contributed by atoms with Crippen molar-refractivity contribution in [2.45, 2.75) is 45.7 Å². The Bertz CT molecular complexity index is 477. The fourth-order valence-electron chi connectivity index (χ4n) is 2.43. The summed E-state index contributed by atoms with van der Waals surface area (Å²) < 4.78 is 0. The molecule has 18 heavy (non-hydrogen) atoms. The van der Waals surface area contributed by atoms with Gasteiger partial charge in [-0.25, -0.2) is 0 Å². The molecule has 1 N–H and O–H groups in total. The van der Waals surface area contributed by atoms with Crippen LogP contribution in [0.2, 0.25) is 0 Å². The van der Waals surface area contributed by atoms with Gasteiger partial charge in [-0.05, 0) is 52.3 Å². The minimum absolute atomic E-state index is 0.0836. The average Bonchev–Trinajstić information content (AvgIpc) is 2.23. The maximum atomic E-state index is 12.2. The molecule has 3 nitrogen and oxygen atoms in total. The van der Waals surface area contributed by atoms with Gasteiger partial charge in [0.05, 0.1) is 5.54 Å². The molecule has 1 aliphatic rings. The third-order valence-corrected chi connectivity index (χ3v) is 3.55. The third kappa shape index (κ3) is 2.22. The molecule has 0 aliphatic carbocycles. The number of carbonyl (C=O) groups excluding carboxylic acids is 1. The van der Waals surface area contributed by atoms with Crippen LogP contribution in [-0.2, 0) is 4.79 Å². The van der Waals surface area contributed by atoms with Crippen LogP contribution in [0.15, 0.2) is 24.3 Å². The summed E-state index contributed by atoms with van der Waals surface area (Å²) in [5.41, 5.74) is 1.62. The van der Waals surface area contributed by atoms with Crippen LogP contribution in [-0.4, -0.2) is 23.5 Å². The molecule has 1 heterocycles. The molecule has 2 rings (SSSR count). The summed E-state index contributed by atoms with van der Waals surface area (Å²) in [6.07, 6.45) is 0. The summed E-state index contributed by atoms with van der Waals surface area (Å²) in [6, 6.07) is 8.33. The van der Waals surface area contributed by atoms with E-state index in [1.54, 1.807) is 0 Å². The lowest BCUT2D eigenvalue weighted by molar-refractivity contribution is -0.128. The first kappa shape index (κ1) is 12.9. The highest BCUT2D eigenvalue weighted by atomic mass is 16.2. The maximum absolute atomic E-state index is 12.2. The molecular formula is C15H22N2O. The molecule has 0 aromatic heterocycles. The predicted molar refractivity (Wildman–Crippen MR) is 74.8 cm³/mol. The molecule has 1 saturated heterocycles. The van der Waals surface area contributed by atoms with Crippen molar-refractivity contribution in [1.82, 2.24) is 5.32 Å². The Balaban J connectivity index is 2.43. The van der Waals surface area contributed by atoms with Gasteiger partial charge in [0.1, 0.15) is 5.54 Å². The Morgan fingerprint density at radius 3 is 2.50 bits per heavy atom. The summed E-state index contributed by atoms with van der Waals surface area (Å²) in [6.45, 7) is 11.0. The topological polar surface area (TPSA) is 32.3 Å². The second-order valence-corrected chi connectivity index (χ2v) is 6.32. The molecular weight excluding hydrogens is 224 g/mol. The minimum atomic E-state index is -0.511. The number of piperazine rings is 1. The Labute approximate surface area is 109 Å². The van der Waals surface area contributed by atoms with Crippen molar-refractivity contribution in [3.8, 4) is 0 Å². The largest absolute Gasteiger partial charge is 0.355 e. The number of nitrogens with one attached hydrogen (secondary N) is 1. The summed E-state index contributed by atoms with van der Waals surface area (Å²) in [5.74, 6) is 0.0836. The molecule has 1 aromatic rings. The Kier molecular flexibility index (Phi) is 2.88. The first-order valence-electron chi connectivity index (χ1n) is 6.39. The lowest BCUT2D eigenvalue weighted by Gasteiger charge is -2.49. The van der Waals surface area contributed by atoms with E-state index in [1.165, 1.54) is 5.56 Å². The molecule has 1 aromatic carbocycles. The second-order valence-electron chi connectivity index (χ2n) is 6.32. The van der Waals surface area contributed by atoms with Crippen LogP contribution in [0.25, 0.3) is 0 Å². The number of nitrogens with zero attached hydrogens (tertiary/aromatic N) is 1. The van der Waals surface area contributed by atoms with E-state index in [1.807, 2.05) is 19.9 Å². The molecule has 0 bridgehead atoms. The number of anilines is 1. The van der Waals surface area contributed by atoms with Crippen LogP contribution in [0, 0.1) is 6.92 Å². The van der Waals surface area contributed by atoms with Crippen molar-refractivity contribution in [3.63, 3.8) is 0 Å². The minimum Gasteiger partial charge on any atom is -0.355 e. The van der Waals surface area contributed by atoms with Crippen molar-refractivity contribution in [2.75, 3.05) is 11.4 Å². The zero-order valence-electron chi connectivity index (χ0n) is 11.9. The molecule has 98 valence electrons. The number of amides is 1. The van der Waals surface area contributed by atoms with Crippen LogP contribution >= 0.6 is 0 Å². The SMILES string of the molecule is Cc1cccc(N2CC(C)(C)NC(=O)C2(C)C)c1. The van der Waals surface area contributed by atoms with Crippen molar-refractivity contribution in [2.24, 2.45) is 0 Å². The Hall–Kier alpha value is -1.51. The molecule has 0 spiro atoms. The Morgan fingerprint density at radius 2 is 1.89 bits per heavy atom. The molecule has 0 radical (unpaired) electrons. The average molecular weight is 246 g/mol. The number of hydrogen-bond acceptors (Lipinski definition) is 2. The molecule has 0 atom stereocenters. The van der Waals surface area contributed by atoms with Crippen molar-refractivity contribution in [3.05, 3.63) is 29.8 Å². The Morgan fingerprint density at radius 1 is 1.22 bits per heavy atom. The van der Waals surface area contributed by atoms with Crippen LogP contribution in [0.4, 0.5) is 5.69 Å². The standard InChI is InChI=1S/C15H22N2O/c1-11-7-6-8-12(9-11)17-10-14(2,3)16-13(18)15(17,4)5/h6-9H,10H2,1-5H3,(H,16,18). The van der Waals surface area contributed by atoms with Crippen LogP contribution in [0.5, 0.6) is 0 Å². The zero-order valence-corrected chi connectivity index (χ0v) is 11.9. The van der Waals surface area contributed by atoms with Gasteiger partial charge < -0.3 is 10.2 Å². The van der Waals surface area contributed by atoms with E-state index in [0.29, 0.717) is 0 Å². The second kappa shape index (κ2) is 4.01. The predicted octanol–water partition coefficient (Wildman–Crippen LogP) is 2.49. The number of hydrogen-bond donors (Lipinski definition) is 1. The lowest BCUT2D eigenvalue weighted by atomic mass is 9.90. The maximum Gasteiger partial charge on any atom is 0.245 e. The van der Waals surface area contributed by atoms with E-state index in [0.717, 1.165) is 12.2 Å². The van der Waals surface area contributed by atoms with Gasteiger partial charge in [-0.2, -0.15) is 0 Å². The smallest absolute Gasteiger partial charge is 0.245 e. The number of carbonyl (C=O) groups is 1. The summed E-state index contributed by atoms with van der Waals surface area (Å²) in [7, 11) is 0. The summed E-state index contributed by atoms with van der Waals surface area (Å²) in [5, 5.41) is 3.08. The van der Waals surface area contributed by atoms with Gasteiger partial charge in [0.25, 0.3) is 0 Å². The van der Waals surface area contributed by atoms with E-state index in [-0.39, 0.29) is 11.4 Å². The van der Waals surface area contributed by atoms with Gasteiger partial charge in [-0.3, -0.25) is 4.79 Å². The molecule has 1 amide bonds. The fourth-order valence-corrected chi connectivity index (χ4v) is 2.43. The van der Waals surface area contributed by atoms with E-state index in [2.05, 4.69) is 49.2 Å². The van der Waals surface area contributed by atoms with Crippen LogP contribution in [0.3, 0.4) is 0 Å². The van der Waals surface area contributed by atoms with E-state index < -0.39 is 5.54 Å². The molecule has 0 unspecified atom stereocenters. The number of rotatable bonds is 1. The highest BCUT2D eigenvalue weighted by molar-refractivity contribution is 5.91. The van der Waals surface area contributed by atoms with Gasteiger partial charge in [-0.1, -0.05) is 12.1 Å². The highest BCUT2D eigenvalue weighted by Crippen LogP contribution is 2.30. The van der Waals surface area contributed by atoms with Crippen molar-refractivity contribution >= 4 is 11.6 Å². The number of benzene rings is 1. The van der Waals surface area contributed by atoms with Crippen molar-refractivity contribution in [1.29, 1.82) is 0 Å². The fraction of sp³-hybridized carbons (Fsp3) is 0.533. The van der Waals surface area contributed by atoms with E-state index >= 15 is 0 Å². The monoisotopic (exact) mass is 246 g/mol. The van der Waals surface area contributed by atoms with Crippen LogP contribution in [0.1, 0.15) is 33.3 Å². The molecule has 1 aliphatic heterocycles. The normalized spacial score (nSPS) is 21.6. The van der Waals surface area contributed by atoms with E-state index in [9.17, 15) is 4.79 Å². The van der Waals surface area contributed by atoms with Crippen molar-refractivity contribution < 1.29 is 4.79 Å². The van der Waals surface area contributed by atoms with Gasteiger partial charge in [0.2, 0.25) is 5.91 Å². The number of aryl methyl sites for hydroxylation is 1. The summed E-state index contributed by atoms with van der Waals surface area (Å²) >= 11 is 0. The van der Waals surface area contributed by atoms with Gasteiger partial charge in [0, 0.05) is 12.2 Å². The highest BCUT2D eigenvalue weighted by Gasteiger charge is 2.44. The van der Waals surface area contributed by atoms with Gasteiger partial charge >= 0.3 is 0 Å². The van der Waals surface area contributed by atoms with E-state index in [4.69, 9.17) is 0 Å². The quantitative estimate of drug-likeness (QED) is 0.825. The van der Waals surface area contributed by atoms with Gasteiger partial charge in [0.15, 0.2) is 0 Å². The van der Waals surface area contributed by atoms with Gasteiger partial charge in [-0.15, -0.1) is 0 Å². The molecule has 1 fully saturated rings. The summed E-state index contributed by atoms with van der Waals surface area (Å²) in [4.78, 5) is 14.4. The first-order chi connectivity index (χ1) is 8.22. The van der Waals surface area contributed by atoms with Crippen LogP contribution < -0.4 is 10.2 Å². The first-order valence-corrected chi connectivity index (χ1v) is 6.39. The third-order valence-electron chi connectivity index (χ3n) is 3.55. The zero-order chi connectivity index (χ0) is 13.6. The lowest BCUT2D eigenvalue weighted by Crippen LogP contribution is -2.69. The molecule has 3 heteroatoms. The molecule has 0 saturated carbocycles.